The Bertz CT molecular complexity index is 7920. The van der Waals surface area contributed by atoms with Crippen LogP contribution in [0.4, 0.5) is 34.1 Å². The summed E-state index contributed by atoms with van der Waals surface area (Å²) in [6.07, 6.45) is 0. The van der Waals surface area contributed by atoms with E-state index in [-0.39, 0.29) is 0 Å². The summed E-state index contributed by atoms with van der Waals surface area (Å²) in [7, 11) is 0. The van der Waals surface area contributed by atoms with Crippen LogP contribution in [0.3, 0.4) is 0 Å². The zero-order chi connectivity index (χ0) is 75.6. The molecule has 0 atom stereocenters. The van der Waals surface area contributed by atoms with E-state index in [9.17, 15) is 0 Å². The van der Waals surface area contributed by atoms with E-state index in [0.29, 0.717) is 11.9 Å². The first-order chi connectivity index (χ1) is 57.1. The van der Waals surface area contributed by atoms with Crippen molar-refractivity contribution in [2.45, 2.75) is 0 Å². The molecule has 10 nitrogen and oxygen atoms in total. The summed E-state index contributed by atoms with van der Waals surface area (Å²) in [5.74, 6) is 1.21. The molecule has 11 heteroatoms. The Kier molecular flexibility index (Phi) is 15.2. The van der Waals surface area contributed by atoms with Gasteiger partial charge in [-0.3, -0.25) is 9.13 Å². The van der Waals surface area contributed by atoms with Gasteiger partial charge in [-0.15, -0.1) is 11.3 Å². The normalized spacial score (nSPS) is 11.8. The maximum atomic E-state index is 7.26. The SMILES string of the molecule is c1ccc(-c2ccc(N(c3ccccc3)c3cc4oc5c(ccc6c7ccccc7n(-c7nc(-c8ccccc8)c8sc9ccccc9c8n7)c65)c4c4ccccc34)cc2)cc1.c1ccc(-c2nc(-n3c4ccccc4c4ccc5c(oc6cc(N(c7ccccc7)c7ccccc7)c7ccccc7c65)c43)nc3ccccc23)cc1. The number of furan rings is 2. The lowest BCUT2D eigenvalue weighted by Crippen LogP contribution is -2.10. The minimum absolute atomic E-state index is 0.603. The third kappa shape index (κ3) is 10.6. The fourth-order valence-corrected chi connectivity index (χ4v) is 18.7. The fourth-order valence-electron chi connectivity index (χ4n) is 17.5. The number of thiophene rings is 1. The number of rotatable bonds is 11. The largest absolute Gasteiger partial charge is 0.454 e. The highest BCUT2D eigenvalue weighted by molar-refractivity contribution is 7.26. The van der Waals surface area contributed by atoms with Gasteiger partial charge < -0.3 is 18.6 Å². The predicted octanol–water partition coefficient (Wildman–Crippen LogP) is 28.7. The zero-order valence-electron chi connectivity index (χ0n) is 61.8. The standard InChI is InChI=1S/C56H34N4OS.C48H30N4O/c1-4-16-35(17-5-1)36-28-30-39(31-29-36)59(38-20-8-3-9-21-38)47-34-48-50(42-24-11-10-22-40(42)47)45-33-32-43-41-23-12-14-26-46(41)60(53(43)54(45)61-48)56-57-51(37-18-6-2-7-19-37)55-52(58-56)44-25-13-15-27-49(44)62-55;1-4-16-31(17-5-1)45-38-25-12-14-26-40(38)49-48(50-45)52-41-27-15-13-23-35(41)37-28-29-39-44-36-24-11-10-22-34(36)42(30-43(44)53-47(39)46(37)52)51(32-18-6-2-7-19-32)33-20-8-3-9-21-33/h1-34H;1-30H. The van der Waals surface area contributed by atoms with Crippen LogP contribution in [0.2, 0.25) is 0 Å². The van der Waals surface area contributed by atoms with Crippen molar-refractivity contribution in [1.29, 1.82) is 0 Å². The summed E-state index contributed by atoms with van der Waals surface area (Å²) in [5.41, 5.74) is 21.6. The molecule has 0 bridgehead atoms. The molecule has 0 aliphatic rings. The van der Waals surface area contributed by atoms with E-state index in [2.05, 4.69) is 389 Å². The topological polar surface area (TPSA) is 94.2 Å². The molecule has 17 aromatic carbocycles. The van der Waals surface area contributed by atoms with Crippen LogP contribution < -0.4 is 9.80 Å². The van der Waals surface area contributed by atoms with Crippen LogP contribution in [0.25, 0.3) is 186 Å². The van der Waals surface area contributed by atoms with Crippen molar-refractivity contribution in [1.82, 2.24) is 29.1 Å². The number of fused-ring (bicyclic) bond motifs is 22. The third-order valence-corrected chi connectivity index (χ3v) is 23.7. The molecule has 0 N–H and O–H groups in total. The molecule has 24 rings (SSSR count). The molecule has 0 saturated heterocycles. The first-order valence-electron chi connectivity index (χ1n) is 38.7. The summed E-state index contributed by atoms with van der Waals surface area (Å²) in [5, 5.41) is 15.3. The molecule has 0 spiro atoms. The van der Waals surface area contributed by atoms with Crippen molar-refractivity contribution in [3.63, 3.8) is 0 Å². The van der Waals surface area contributed by atoms with E-state index in [1.807, 2.05) is 18.2 Å². The summed E-state index contributed by atoms with van der Waals surface area (Å²) < 4.78 is 21.1. The Morgan fingerprint density at radius 2 is 0.626 bits per heavy atom. The van der Waals surface area contributed by atoms with Crippen LogP contribution in [0.1, 0.15) is 0 Å². The lowest BCUT2D eigenvalue weighted by Gasteiger charge is -2.27. The van der Waals surface area contributed by atoms with Gasteiger partial charge in [0.1, 0.15) is 22.2 Å². The first-order valence-corrected chi connectivity index (χ1v) is 39.5. The summed E-state index contributed by atoms with van der Waals surface area (Å²) in [4.78, 5) is 26.1. The lowest BCUT2D eigenvalue weighted by molar-refractivity contribution is 0.670. The second-order valence-corrected chi connectivity index (χ2v) is 30.1. The van der Waals surface area contributed by atoms with Gasteiger partial charge in [0.2, 0.25) is 11.9 Å². The molecule has 0 aliphatic carbocycles. The van der Waals surface area contributed by atoms with Crippen molar-refractivity contribution < 1.29 is 8.83 Å². The number of hydrogen-bond acceptors (Lipinski definition) is 9. The molecule has 0 radical (unpaired) electrons. The van der Waals surface area contributed by atoms with E-state index < -0.39 is 0 Å². The molecule has 115 heavy (non-hydrogen) atoms. The van der Waals surface area contributed by atoms with Gasteiger partial charge >= 0.3 is 0 Å². The van der Waals surface area contributed by atoms with Gasteiger partial charge in [0, 0.05) is 115 Å². The monoisotopic (exact) mass is 1490 g/mol. The Morgan fingerprint density at radius 1 is 0.261 bits per heavy atom. The maximum absolute atomic E-state index is 7.26. The number of anilines is 6. The number of nitrogens with zero attached hydrogens (tertiary/aromatic N) is 8. The van der Waals surface area contributed by atoms with Crippen molar-refractivity contribution in [3.8, 4) is 45.5 Å². The fraction of sp³-hybridized carbons (Fsp3) is 0. The predicted molar refractivity (Wildman–Crippen MR) is 478 cm³/mol. The number of para-hydroxylation sites is 6. The molecule has 7 heterocycles. The van der Waals surface area contributed by atoms with Gasteiger partial charge in [-0.2, -0.15) is 0 Å². The zero-order valence-corrected chi connectivity index (χ0v) is 62.6. The third-order valence-electron chi connectivity index (χ3n) is 22.6. The highest BCUT2D eigenvalue weighted by Crippen LogP contribution is 2.51. The van der Waals surface area contributed by atoms with Gasteiger partial charge in [-0.25, -0.2) is 19.9 Å². The highest BCUT2D eigenvalue weighted by atomic mass is 32.1. The molecule has 538 valence electrons. The molecule has 0 fully saturated rings. The van der Waals surface area contributed by atoms with Gasteiger partial charge in [0.15, 0.2) is 11.2 Å². The van der Waals surface area contributed by atoms with Gasteiger partial charge in [0.25, 0.3) is 0 Å². The number of benzene rings is 17. The van der Waals surface area contributed by atoms with Crippen LogP contribution in [0, 0.1) is 0 Å². The Hall–Kier alpha value is -15.3. The summed E-state index contributed by atoms with van der Waals surface area (Å²) in [6.45, 7) is 0. The summed E-state index contributed by atoms with van der Waals surface area (Å²) >= 11 is 1.75. The Balaban J connectivity index is 0.000000138. The molecule has 0 unspecified atom stereocenters. The molecular weight excluding hydrogens is 1430 g/mol. The van der Waals surface area contributed by atoms with Crippen molar-refractivity contribution in [3.05, 3.63) is 388 Å². The first kappa shape index (κ1) is 65.6. The number of hydrogen-bond donors (Lipinski definition) is 0. The van der Waals surface area contributed by atoms with Crippen LogP contribution in [-0.2, 0) is 0 Å². The number of aromatic nitrogens is 6. The molecule has 0 aliphatic heterocycles. The Morgan fingerprint density at radius 3 is 1.13 bits per heavy atom. The van der Waals surface area contributed by atoms with Gasteiger partial charge in [0.05, 0.1) is 49.5 Å². The van der Waals surface area contributed by atoms with E-state index in [1.54, 1.807) is 11.3 Å². The quantitative estimate of drug-likeness (QED) is 0.126. The minimum atomic E-state index is 0.603. The molecule has 0 amide bonds. The van der Waals surface area contributed by atoms with Crippen LogP contribution in [0.15, 0.2) is 397 Å². The van der Waals surface area contributed by atoms with Crippen molar-refractivity contribution in [2.75, 3.05) is 9.80 Å². The summed E-state index contributed by atoms with van der Waals surface area (Å²) in [6, 6.07) is 136. The van der Waals surface area contributed by atoms with E-state index in [0.717, 1.165) is 192 Å². The van der Waals surface area contributed by atoms with Crippen LogP contribution >= 0.6 is 11.3 Å². The molecular formula is C104H64N8O2S. The highest BCUT2D eigenvalue weighted by Gasteiger charge is 2.29. The van der Waals surface area contributed by atoms with Gasteiger partial charge in [-0.1, -0.05) is 291 Å². The second kappa shape index (κ2) is 26.7. The van der Waals surface area contributed by atoms with Crippen LogP contribution in [0.5, 0.6) is 0 Å². The van der Waals surface area contributed by atoms with E-state index in [4.69, 9.17) is 28.8 Å². The molecule has 0 saturated carbocycles. The molecule has 24 aromatic rings. The van der Waals surface area contributed by atoms with E-state index in [1.165, 1.54) is 15.8 Å². The smallest absolute Gasteiger partial charge is 0.236 e. The van der Waals surface area contributed by atoms with Crippen molar-refractivity contribution >= 4 is 186 Å². The van der Waals surface area contributed by atoms with Gasteiger partial charge in [-0.05, 0) is 107 Å². The average molecular weight is 1490 g/mol. The Labute approximate surface area is 662 Å². The maximum Gasteiger partial charge on any atom is 0.236 e. The average Bonchev–Trinajstić information content (AvgIpc) is 1.55. The minimum Gasteiger partial charge on any atom is -0.454 e. The molecule has 7 aromatic heterocycles. The van der Waals surface area contributed by atoms with E-state index >= 15 is 0 Å². The van der Waals surface area contributed by atoms with Crippen molar-refractivity contribution in [2.24, 2.45) is 0 Å². The lowest BCUT2D eigenvalue weighted by atomic mass is 10.00. The van der Waals surface area contributed by atoms with Crippen LogP contribution in [-0.4, -0.2) is 29.1 Å². The second-order valence-electron chi connectivity index (χ2n) is 29.1.